The number of nitrogens with one attached hydrogen (secondary N) is 1. The second-order valence-electron chi connectivity index (χ2n) is 7.27. The van der Waals surface area contributed by atoms with E-state index in [2.05, 4.69) is 5.32 Å². The van der Waals surface area contributed by atoms with Gasteiger partial charge in [0.2, 0.25) is 0 Å². The average Bonchev–Trinajstić information content (AvgIpc) is 2.40. The number of hydrogen-bond donors (Lipinski definition) is 1. The summed E-state index contributed by atoms with van der Waals surface area (Å²) in [5.41, 5.74) is 0.741. The van der Waals surface area contributed by atoms with Crippen molar-refractivity contribution < 1.29 is 13.9 Å². The Hall–Kier alpha value is -1.62. The Morgan fingerprint density at radius 3 is 2.48 bits per heavy atom. The van der Waals surface area contributed by atoms with Crippen LogP contribution in [0.2, 0.25) is 0 Å². The summed E-state index contributed by atoms with van der Waals surface area (Å²) in [6.45, 7) is 6.95. The van der Waals surface area contributed by atoms with Gasteiger partial charge in [-0.2, -0.15) is 0 Å². The number of likely N-dealkylation sites (N-methyl/N-ethyl adjacent to an activating group) is 1. The first kappa shape index (κ1) is 17.7. The number of rotatable bonds is 5. The SMILES string of the molecule is CN(CCNC1CC(c2ccc(F)cc2)C1)C(=O)OC(C)(C)C. The third-order valence-corrected chi connectivity index (χ3v) is 4.06. The van der Waals surface area contributed by atoms with Crippen molar-refractivity contribution in [1.29, 1.82) is 0 Å². The van der Waals surface area contributed by atoms with Crippen molar-refractivity contribution in [2.24, 2.45) is 0 Å². The smallest absolute Gasteiger partial charge is 0.410 e. The van der Waals surface area contributed by atoms with E-state index < -0.39 is 5.60 Å². The predicted molar refractivity (Wildman–Crippen MR) is 89.0 cm³/mol. The predicted octanol–water partition coefficient (Wildman–Crippen LogP) is 3.53. The van der Waals surface area contributed by atoms with E-state index in [9.17, 15) is 9.18 Å². The van der Waals surface area contributed by atoms with Gasteiger partial charge >= 0.3 is 6.09 Å². The van der Waals surface area contributed by atoms with Crippen LogP contribution in [0.15, 0.2) is 24.3 Å². The standard InChI is InChI=1S/C18H27FN2O2/c1-18(2,3)23-17(22)21(4)10-9-20-16-11-14(12-16)13-5-7-15(19)8-6-13/h5-8,14,16,20H,9-12H2,1-4H3. The molecule has 1 saturated carbocycles. The normalized spacial score (nSPS) is 20.7. The van der Waals surface area contributed by atoms with Gasteiger partial charge in [0.1, 0.15) is 11.4 Å². The van der Waals surface area contributed by atoms with Crippen LogP contribution in [0.4, 0.5) is 9.18 Å². The van der Waals surface area contributed by atoms with E-state index in [1.54, 1.807) is 11.9 Å². The zero-order valence-electron chi connectivity index (χ0n) is 14.4. The van der Waals surface area contributed by atoms with E-state index in [1.165, 1.54) is 17.7 Å². The number of nitrogens with zero attached hydrogens (tertiary/aromatic N) is 1. The van der Waals surface area contributed by atoms with E-state index >= 15 is 0 Å². The van der Waals surface area contributed by atoms with Crippen molar-refractivity contribution in [2.75, 3.05) is 20.1 Å². The first-order chi connectivity index (χ1) is 10.7. The molecule has 1 aliphatic carbocycles. The minimum atomic E-state index is -0.463. The zero-order chi connectivity index (χ0) is 17.0. The second kappa shape index (κ2) is 7.30. The van der Waals surface area contributed by atoms with E-state index in [0.29, 0.717) is 18.5 Å². The molecular weight excluding hydrogens is 295 g/mol. The molecule has 1 amide bonds. The van der Waals surface area contributed by atoms with Crippen molar-refractivity contribution in [3.8, 4) is 0 Å². The van der Waals surface area contributed by atoms with Crippen molar-refractivity contribution in [1.82, 2.24) is 10.2 Å². The molecule has 1 N–H and O–H groups in total. The Balaban J connectivity index is 1.63. The molecule has 0 aliphatic heterocycles. The lowest BCUT2D eigenvalue weighted by atomic mass is 9.76. The first-order valence-electron chi connectivity index (χ1n) is 8.17. The quantitative estimate of drug-likeness (QED) is 0.902. The molecule has 0 atom stereocenters. The molecule has 0 bridgehead atoms. The van der Waals surface area contributed by atoms with Gasteiger partial charge in [0.05, 0.1) is 0 Å². The molecule has 0 aromatic heterocycles. The number of carbonyl (C=O) groups excluding carboxylic acids is 1. The highest BCUT2D eigenvalue weighted by Crippen LogP contribution is 2.36. The summed E-state index contributed by atoms with van der Waals surface area (Å²) < 4.78 is 18.2. The van der Waals surface area contributed by atoms with Crippen LogP contribution in [0.1, 0.15) is 45.1 Å². The molecule has 5 heteroatoms. The number of amides is 1. The van der Waals surface area contributed by atoms with Gasteiger partial charge in [0.25, 0.3) is 0 Å². The lowest BCUT2D eigenvalue weighted by molar-refractivity contribution is 0.0298. The highest BCUT2D eigenvalue weighted by molar-refractivity contribution is 5.67. The molecule has 0 unspecified atom stereocenters. The van der Waals surface area contributed by atoms with Crippen LogP contribution < -0.4 is 5.32 Å². The Morgan fingerprint density at radius 2 is 1.91 bits per heavy atom. The Labute approximate surface area is 138 Å². The van der Waals surface area contributed by atoms with E-state index in [4.69, 9.17) is 4.74 Å². The molecule has 1 fully saturated rings. The maximum Gasteiger partial charge on any atom is 0.410 e. The van der Waals surface area contributed by atoms with Crippen molar-refractivity contribution in [3.05, 3.63) is 35.6 Å². The van der Waals surface area contributed by atoms with Crippen LogP contribution in [-0.2, 0) is 4.74 Å². The first-order valence-corrected chi connectivity index (χ1v) is 8.17. The van der Waals surface area contributed by atoms with Gasteiger partial charge < -0.3 is 15.0 Å². The van der Waals surface area contributed by atoms with Crippen LogP contribution in [0, 0.1) is 5.82 Å². The molecule has 2 rings (SSSR count). The minimum Gasteiger partial charge on any atom is -0.444 e. The van der Waals surface area contributed by atoms with Gasteiger partial charge in [-0.15, -0.1) is 0 Å². The molecule has 0 radical (unpaired) electrons. The van der Waals surface area contributed by atoms with Crippen LogP contribution >= 0.6 is 0 Å². The molecule has 1 aromatic rings. The van der Waals surface area contributed by atoms with Crippen LogP contribution in [0.25, 0.3) is 0 Å². The minimum absolute atomic E-state index is 0.187. The maximum atomic E-state index is 12.9. The van der Waals surface area contributed by atoms with Gasteiger partial charge in [-0.1, -0.05) is 12.1 Å². The topological polar surface area (TPSA) is 41.6 Å². The number of halogens is 1. The summed E-state index contributed by atoms with van der Waals surface area (Å²) in [6.07, 6.45) is 1.82. The fourth-order valence-electron chi connectivity index (χ4n) is 2.66. The van der Waals surface area contributed by atoms with Crippen LogP contribution in [-0.4, -0.2) is 42.8 Å². The van der Waals surface area contributed by atoms with Crippen LogP contribution in [0.5, 0.6) is 0 Å². The van der Waals surface area contributed by atoms with E-state index in [-0.39, 0.29) is 11.9 Å². The molecule has 1 aromatic carbocycles. The number of hydrogen-bond acceptors (Lipinski definition) is 3. The molecular formula is C18H27FN2O2. The Morgan fingerprint density at radius 1 is 1.30 bits per heavy atom. The van der Waals surface area contributed by atoms with Gasteiger partial charge in [0.15, 0.2) is 0 Å². The van der Waals surface area contributed by atoms with Gasteiger partial charge in [0, 0.05) is 26.2 Å². The molecule has 23 heavy (non-hydrogen) atoms. The fraction of sp³-hybridized carbons (Fsp3) is 0.611. The molecule has 128 valence electrons. The molecule has 0 heterocycles. The lowest BCUT2D eigenvalue weighted by Crippen LogP contribution is -2.44. The average molecular weight is 322 g/mol. The van der Waals surface area contributed by atoms with Gasteiger partial charge in [-0.3, -0.25) is 0 Å². The van der Waals surface area contributed by atoms with Crippen LogP contribution in [0.3, 0.4) is 0 Å². The van der Waals surface area contributed by atoms with Crippen molar-refractivity contribution in [3.63, 3.8) is 0 Å². The van der Waals surface area contributed by atoms with Gasteiger partial charge in [-0.25, -0.2) is 9.18 Å². The van der Waals surface area contributed by atoms with E-state index in [1.807, 2.05) is 32.9 Å². The summed E-state index contributed by atoms with van der Waals surface area (Å²) in [6, 6.07) is 7.24. The summed E-state index contributed by atoms with van der Waals surface area (Å²) in [5, 5.41) is 3.46. The Kier molecular flexibility index (Phi) is 5.63. The summed E-state index contributed by atoms with van der Waals surface area (Å²) in [4.78, 5) is 13.4. The largest absolute Gasteiger partial charge is 0.444 e. The fourth-order valence-corrected chi connectivity index (χ4v) is 2.66. The highest BCUT2D eigenvalue weighted by atomic mass is 19.1. The molecule has 1 aliphatic rings. The number of benzene rings is 1. The molecule has 0 spiro atoms. The van der Waals surface area contributed by atoms with Crippen molar-refractivity contribution in [2.45, 2.75) is 51.2 Å². The summed E-state index contributed by atoms with van der Waals surface area (Å²) in [5.74, 6) is 0.324. The zero-order valence-corrected chi connectivity index (χ0v) is 14.4. The maximum absolute atomic E-state index is 12.9. The second-order valence-corrected chi connectivity index (χ2v) is 7.27. The molecule has 4 nitrogen and oxygen atoms in total. The van der Waals surface area contributed by atoms with Gasteiger partial charge in [-0.05, 0) is 57.2 Å². The van der Waals surface area contributed by atoms with E-state index in [0.717, 1.165) is 19.4 Å². The third kappa shape index (κ3) is 5.50. The monoisotopic (exact) mass is 322 g/mol. The Bertz CT molecular complexity index is 519. The highest BCUT2D eigenvalue weighted by Gasteiger charge is 2.29. The third-order valence-electron chi connectivity index (χ3n) is 4.06. The molecule has 0 saturated heterocycles. The lowest BCUT2D eigenvalue weighted by Gasteiger charge is -2.36. The van der Waals surface area contributed by atoms with Crippen molar-refractivity contribution >= 4 is 6.09 Å². The summed E-state index contributed by atoms with van der Waals surface area (Å²) >= 11 is 0. The number of ether oxygens (including phenoxy) is 1. The summed E-state index contributed by atoms with van der Waals surface area (Å²) in [7, 11) is 1.75. The number of carbonyl (C=O) groups is 1.